The first-order chi connectivity index (χ1) is 15.5. The van der Waals surface area contributed by atoms with Crippen LogP contribution in [0.1, 0.15) is 30.1 Å². The van der Waals surface area contributed by atoms with Crippen molar-refractivity contribution in [3.05, 3.63) is 53.1 Å². The van der Waals surface area contributed by atoms with Crippen molar-refractivity contribution < 1.29 is 4.74 Å². The maximum absolute atomic E-state index is 6.66. The second kappa shape index (κ2) is 8.38. The molecule has 2 aliphatic rings. The molecule has 10 heteroatoms. The lowest BCUT2D eigenvalue weighted by atomic mass is 9.73. The van der Waals surface area contributed by atoms with E-state index < -0.39 is 0 Å². The van der Waals surface area contributed by atoms with Crippen molar-refractivity contribution >= 4 is 35.0 Å². The average Bonchev–Trinajstić information content (AvgIpc) is 3.08. The van der Waals surface area contributed by atoms with Crippen LogP contribution < -0.4 is 21.1 Å². The molecule has 5 rings (SSSR count). The van der Waals surface area contributed by atoms with Crippen LogP contribution in [0.2, 0.25) is 5.02 Å². The van der Waals surface area contributed by atoms with Crippen molar-refractivity contribution in [2.75, 3.05) is 30.8 Å². The number of pyridine rings is 2. The number of nitrogens with two attached hydrogens (primary N) is 2. The number of hydrogen-bond donors (Lipinski definition) is 2. The minimum absolute atomic E-state index is 0.0328. The number of anilines is 2. The Hall–Kier alpha value is -2.62. The van der Waals surface area contributed by atoms with Gasteiger partial charge in [0, 0.05) is 42.1 Å². The first-order valence-corrected chi connectivity index (χ1v) is 11.6. The molecule has 3 aromatic rings. The van der Waals surface area contributed by atoms with Crippen molar-refractivity contribution in [1.82, 2.24) is 19.9 Å². The van der Waals surface area contributed by atoms with E-state index in [0.717, 1.165) is 48.8 Å². The topological polar surface area (TPSA) is 116 Å². The molecule has 0 unspecified atom stereocenters. The summed E-state index contributed by atoms with van der Waals surface area (Å²) < 4.78 is 5.18. The zero-order chi connectivity index (χ0) is 22.3. The highest BCUT2D eigenvalue weighted by atomic mass is 35.5. The Labute approximate surface area is 195 Å². The van der Waals surface area contributed by atoms with Crippen LogP contribution >= 0.6 is 23.4 Å². The van der Waals surface area contributed by atoms with Gasteiger partial charge in [0.05, 0.1) is 13.3 Å². The third-order valence-corrected chi connectivity index (χ3v) is 8.04. The predicted octanol–water partition coefficient (Wildman–Crippen LogP) is 3.50. The maximum Gasteiger partial charge on any atom is 0.233 e. The van der Waals surface area contributed by atoms with Crippen molar-refractivity contribution in [2.24, 2.45) is 11.1 Å². The van der Waals surface area contributed by atoms with E-state index in [1.807, 2.05) is 12.3 Å². The number of fused-ring (bicyclic) bond motifs is 1. The highest BCUT2D eigenvalue weighted by Gasteiger charge is 2.46. The van der Waals surface area contributed by atoms with Gasteiger partial charge in [-0.3, -0.25) is 4.98 Å². The first kappa shape index (κ1) is 21.2. The van der Waals surface area contributed by atoms with E-state index in [1.54, 1.807) is 18.5 Å². The number of hydrogen-bond acceptors (Lipinski definition) is 9. The van der Waals surface area contributed by atoms with Crippen LogP contribution in [-0.4, -0.2) is 40.1 Å². The molecule has 0 aromatic carbocycles. The largest absolute Gasteiger partial charge is 0.480 e. The molecule has 1 saturated heterocycles. The van der Waals surface area contributed by atoms with E-state index in [9.17, 15) is 0 Å². The average molecular weight is 470 g/mol. The molecule has 0 amide bonds. The molecule has 8 nitrogen and oxygen atoms in total. The van der Waals surface area contributed by atoms with Gasteiger partial charge in [-0.2, -0.15) is 0 Å². The predicted molar refractivity (Wildman–Crippen MR) is 125 cm³/mol. The minimum Gasteiger partial charge on any atom is -0.480 e. The summed E-state index contributed by atoms with van der Waals surface area (Å²) in [5.41, 5.74) is 15.3. The number of ether oxygens (including phenoxy) is 1. The lowest BCUT2D eigenvalue weighted by molar-refractivity contribution is 0.186. The van der Waals surface area contributed by atoms with Gasteiger partial charge < -0.3 is 21.1 Å². The fraction of sp³-hybridized carbons (Fsp3) is 0.364. The van der Waals surface area contributed by atoms with Crippen LogP contribution in [0.4, 0.5) is 11.6 Å². The highest BCUT2D eigenvalue weighted by Crippen LogP contribution is 2.50. The van der Waals surface area contributed by atoms with Gasteiger partial charge in [-0.25, -0.2) is 15.0 Å². The SMILES string of the molecule is COc1nccc(Sc2ncc(N3CCC4(CC3)Cc3ncccc3[C@H]4N)nc2N)c1Cl. The molecule has 1 atom stereocenters. The number of halogens is 1. The summed E-state index contributed by atoms with van der Waals surface area (Å²) in [4.78, 5) is 20.8. The summed E-state index contributed by atoms with van der Waals surface area (Å²) in [7, 11) is 1.53. The van der Waals surface area contributed by atoms with E-state index >= 15 is 0 Å². The molecule has 4 heterocycles. The van der Waals surface area contributed by atoms with E-state index in [2.05, 4.69) is 30.9 Å². The molecule has 1 spiro atoms. The Kier molecular flexibility index (Phi) is 5.56. The molecule has 0 bridgehead atoms. The molecular formula is C22H24ClN7OS. The Morgan fingerprint density at radius 1 is 1.19 bits per heavy atom. The summed E-state index contributed by atoms with van der Waals surface area (Å²) in [6.45, 7) is 1.71. The number of nitrogen functional groups attached to an aromatic ring is 1. The second-order valence-corrected chi connectivity index (χ2v) is 9.60. The molecule has 166 valence electrons. The molecule has 1 aliphatic heterocycles. The van der Waals surface area contributed by atoms with Gasteiger partial charge in [0.25, 0.3) is 0 Å². The summed E-state index contributed by atoms with van der Waals surface area (Å²) in [5.74, 6) is 1.51. The summed E-state index contributed by atoms with van der Waals surface area (Å²) >= 11 is 7.69. The zero-order valence-electron chi connectivity index (χ0n) is 17.7. The fourth-order valence-electron chi connectivity index (χ4n) is 4.67. The zero-order valence-corrected chi connectivity index (χ0v) is 19.2. The smallest absolute Gasteiger partial charge is 0.233 e. The number of methoxy groups -OCH3 is 1. The van der Waals surface area contributed by atoms with Crippen LogP contribution in [0.5, 0.6) is 5.88 Å². The van der Waals surface area contributed by atoms with E-state index in [4.69, 9.17) is 27.8 Å². The minimum atomic E-state index is 0.0328. The molecule has 1 aliphatic carbocycles. The molecule has 32 heavy (non-hydrogen) atoms. The Morgan fingerprint density at radius 3 is 2.72 bits per heavy atom. The Bertz CT molecular complexity index is 1150. The Morgan fingerprint density at radius 2 is 2.00 bits per heavy atom. The van der Waals surface area contributed by atoms with Crippen molar-refractivity contribution in [3.63, 3.8) is 0 Å². The van der Waals surface area contributed by atoms with Crippen LogP contribution in [0.3, 0.4) is 0 Å². The number of rotatable bonds is 4. The van der Waals surface area contributed by atoms with Gasteiger partial charge in [0.2, 0.25) is 5.88 Å². The summed E-state index contributed by atoms with van der Waals surface area (Å²) in [6.07, 6.45) is 8.17. The third-order valence-electron chi connectivity index (χ3n) is 6.50. The maximum atomic E-state index is 6.66. The lowest BCUT2D eigenvalue weighted by Crippen LogP contribution is -2.44. The van der Waals surface area contributed by atoms with Crippen LogP contribution in [0.15, 0.2) is 46.7 Å². The van der Waals surface area contributed by atoms with E-state index in [1.165, 1.54) is 24.4 Å². The van der Waals surface area contributed by atoms with Gasteiger partial charge in [0.1, 0.15) is 15.9 Å². The number of piperidine rings is 1. The number of nitrogens with zero attached hydrogens (tertiary/aromatic N) is 5. The lowest BCUT2D eigenvalue weighted by Gasteiger charge is -2.42. The molecule has 0 saturated carbocycles. The highest BCUT2D eigenvalue weighted by molar-refractivity contribution is 7.99. The van der Waals surface area contributed by atoms with Crippen molar-refractivity contribution in [3.8, 4) is 5.88 Å². The quantitative estimate of drug-likeness (QED) is 0.591. The molecule has 0 radical (unpaired) electrons. The Balaban J connectivity index is 1.29. The molecule has 3 aromatic heterocycles. The fourth-order valence-corrected chi connectivity index (χ4v) is 5.74. The standard InChI is InChI=1S/C22H24ClN7OS/c1-31-20-17(23)15(4-8-27-20)32-21-19(25)29-16(12-28-21)30-9-5-22(6-10-30)11-14-13(18(22)24)3-2-7-26-14/h2-4,7-8,12,18H,5-6,9-11,24H2,1H3,(H2,25,29)/t18-/m1/s1. The van der Waals surface area contributed by atoms with Crippen LogP contribution in [-0.2, 0) is 6.42 Å². The molecular weight excluding hydrogens is 446 g/mol. The first-order valence-electron chi connectivity index (χ1n) is 10.4. The summed E-state index contributed by atoms with van der Waals surface area (Å²) in [5, 5.41) is 1.02. The van der Waals surface area contributed by atoms with Gasteiger partial charge in [-0.05, 0) is 42.4 Å². The normalized spacial score (nSPS) is 19.2. The second-order valence-electron chi connectivity index (χ2n) is 8.20. The summed E-state index contributed by atoms with van der Waals surface area (Å²) in [6, 6.07) is 5.92. The molecule has 1 fully saturated rings. The van der Waals surface area contributed by atoms with Gasteiger partial charge in [-0.1, -0.05) is 29.4 Å². The van der Waals surface area contributed by atoms with E-state index in [-0.39, 0.29) is 11.5 Å². The van der Waals surface area contributed by atoms with Crippen LogP contribution in [0.25, 0.3) is 0 Å². The van der Waals surface area contributed by atoms with Crippen molar-refractivity contribution in [2.45, 2.75) is 35.2 Å². The van der Waals surface area contributed by atoms with Gasteiger partial charge in [-0.15, -0.1) is 0 Å². The van der Waals surface area contributed by atoms with Crippen molar-refractivity contribution in [1.29, 1.82) is 0 Å². The third kappa shape index (κ3) is 3.64. The van der Waals surface area contributed by atoms with Gasteiger partial charge >= 0.3 is 0 Å². The van der Waals surface area contributed by atoms with Gasteiger partial charge in [0.15, 0.2) is 5.82 Å². The molecule has 4 N–H and O–H groups in total. The van der Waals surface area contributed by atoms with Crippen LogP contribution in [0, 0.1) is 5.41 Å². The van der Waals surface area contributed by atoms with E-state index in [0.29, 0.717) is 21.7 Å². The number of aromatic nitrogens is 4. The monoisotopic (exact) mass is 469 g/mol.